The predicted octanol–water partition coefficient (Wildman–Crippen LogP) is 3.34. The van der Waals surface area contributed by atoms with Crippen LogP contribution in [0.15, 0.2) is 48.5 Å². The van der Waals surface area contributed by atoms with E-state index in [0.29, 0.717) is 44.0 Å². The number of methoxy groups -OCH3 is 1. The molecular formula is C21H25N3O3. The first-order valence-electron chi connectivity index (χ1n) is 9.13. The van der Waals surface area contributed by atoms with Gasteiger partial charge in [0.15, 0.2) is 0 Å². The molecule has 0 aliphatic carbocycles. The molecule has 0 spiro atoms. The number of benzene rings is 2. The summed E-state index contributed by atoms with van der Waals surface area (Å²) in [6.07, 6.45) is 0. The first-order valence-corrected chi connectivity index (χ1v) is 9.13. The van der Waals surface area contributed by atoms with Gasteiger partial charge in [0.2, 0.25) is 0 Å². The second-order valence-corrected chi connectivity index (χ2v) is 6.51. The van der Waals surface area contributed by atoms with Crippen molar-refractivity contribution in [1.82, 2.24) is 9.80 Å². The van der Waals surface area contributed by atoms with Gasteiger partial charge < -0.3 is 19.9 Å². The molecule has 0 bridgehead atoms. The van der Waals surface area contributed by atoms with E-state index in [9.17, 15) is 9.59 Å². The summed E-state index contributed by atoms with van der Waals surface area (Å²) in [6.45, 7) is 4.85. The number of likely N-dealkylation sites (N-methyl/N-ethyl adjacent to an activating group) is 1. The molecule has 0 fully saturated rings. The van der Waals surface area contributed by atoms with Gasteiger partial charge >= 0.3 is 6.03 Å². The Balaban J connectivity index is 1.59. The molecule has 3 rings (SSSR count). The van der Waals surface area contributed by atoms with E-state index in [1.165, 1.54) is 11.1 Å². The lowest BCUT2D eigenvalue weighted by molar-refractivity contribution is 0.0706. The third-order valence-corrected chi connectivity index (χ3v) is 4.75. The number of hydrogen-bond donors (Lipinski definition) is 1. The molecule has 0 atom stereocenters. The Morgan fingerprint density at radius 3 is 2.26 bits per heavy atom. The molecule has 2 aromatic carbocycles. The molecule has 3 amide bonds. The number of nitrogens with zero attached hydrogens (tertiary/aromatic N) is 2. The van der Waals surface area contributed by atoms with Crippen molar-refractivity contribution in [2.75, 3.05) is 32.1 Å². The topological polar surface area (TPSA) is 61.9 Å². The van der Waals surface area contributed by atoms with E-state index in [4.69, 9.17) is 4.74 Å². The van der Waals surface area contributed by atoms with Crippen LogP contribution < -0.4 is 5.32 Å². The van der Waals surface area contributed by atoms with Crippen LogP contribution in [-0.4, -0.2) is 48.5 Å². The summed E-state index contributed by atoms with van der Waals surface area (Å²) in [4.78, 5) is 28.5. The molecule has 1 aliphatic rings. The van der Waals surface area contributed by atoms with E-state index >= 15 is 0 Å². The number of rotatable bonds is 6. The van der Waals surface area contributed by atoms with Crippen molar-refractivity contribution in [3.8, 4) is 0 Å². The van der Waals surface area contributed by atoms with Crippen molar-refractivity contribution in [1.29, 1.82) is 0 Å². The van der Waals surface area contributed by atoms with Crippen LogP contribution in [0.4, 0.5) is 10.5 Å². The van der Waals surface area contributed by atoms with E-state index in [2.05, 4.69) is 5.32 Å². The first-order chi connectivity index (χ1) is 13.1. The third kappa shape index (κ3) is 4.46. The normalized spacial score (nSPS) is 12.6. The number of carbonyl (C=O) groups excluding carboxylic acids is 2. The van der Waals surface area contributed by atoms with E-state index in [-0.39, 0.29) is 11.9 Å². The van der Waals surface area contributed by atoms with Gasteiger partial charge in [-0.15, -0.1) is 0 Å². The number of urea groups is 1. The maximum Gasteiger partial charge on any atom is 0.322 e. The van der Waals surface area contributed by atoms with Gasteiger partial charge in [0.25, 0.3) is 5.91 Å². The van der Waals surface area contributed by atoms with Crippen LogP contribution >= 0.6 is 0 Å². The van der Waals surface area contributed by atoms with Crippen molar-refractivity contribution in [3.63, 3.8) is 0 Å². The molecule has 6 nitrogen and oxygen atoms in total. The monoisotopic (exact) mass is 367 g/mol. The highest BCUT2D eigenvalue weighted by molar-refractivity contribution is 5.95. The van der Waals surface area contributed by atoms with Gasteiger partial charge in [-0.1, -0.05) is 24.3 Å². The lowest BCUT2D eigenvalue weighted by Crippen LogP contribution is -2.33. The quantitative estimate of drug-likeness (QED) is 0.852. The van der Waals surface area contributed by atoms with Crippen molar-refractivity contribution < 1.29 is 14.3 Å². The number of nitrogens with one attached hydrogen (secondary N) is 1. The summed E-state index contributed by atoms with van der Waals surface area (Å²) in [6, 6.07) is 14.9. The fourth-order valence-electron chi connectivity index (χ4n) is 3.16. The lowest BCUT2D eigenvalue weighted by Gasteiger charge is -2.21. The number of anilines is 1. The van der Waals surface area contributed by atoms with Crippen LogP contribution in [0.25, 0.3) is 0 Å². The van der Waals surface area contributed by atoms with Crippen LogP contribution in [0.5, 0.6) is 0 Å². The Morgan fingerprint density at radius 1 is 1.07 bits per heavy atom. The smallest absolute Gasteiger partial charge is 0.322 e. The number of hydrogen-bond acceptors (Lipinski definition) is 3. The minimum Gasteiger partial charge on any atom is -0.383 e. The molecule has 1 heterocycles. The fraction of sp³-hybridized carbons (Fsp3) is 0.333. The number of carbonyl (C=O) groups is 2. The minimum absolute atomic E-state index is 0.0394. The number of amides is 3. The summed E-state index contributed by atoms with van der Waals surface area (Å²) in [5.74, 6) is -0.0394. The Morgan fingerprint density at radius 2 is 1.70 bits per heavy atom. The fourth-order valence-corrected chi connectivity index (χ4v) is 3.16. The molecular weight excluding hydrogens is 342 g/mol. The van der Waals surface area contributed by atoms with Crippen molar-refractivity contribution >= 4 is 17.6 Å². The zero-order chi connectivity index (χ0) is 19.2. The maximum absolute atomic E-state index is 12.5. The molecule has 1 aliphatic heterocycles. The standard InChI is InChI=1S/C21H25N3O3/c1-3-23(12-13-27-2)20(25)16-8-10-19(11-9-16)22-21(26)24-14-17-6-4-5-7-18(17)15-24/h4-11H,3,12-15H2,1-2H3,(H,22,26). The molecule has 0 saturated carbocycles. The van der Waals surface area contributed by atoms with Crippen LogP contribution in [0, 0.1) is 0 Å². The minimum atomic E-state index is -0.138. The van der Waals surface area contributed by atoms with Crippen LogP contribution in [0.2, 0.25) is 0 Å². The Bertz CT molecular complexity index is 780. The SMILES string of the molecule is CCN(CCOC)C(=O)c1ccc(NC(=O)N2Cc3ccccc3C2)cc1. The third-order valence-electron chi connectivity index (χ3n) is 4.75. The molecule has 2 aromatic rings. The summed E-state index contributed by atoms with van der Waals surface area (Å²) in [7, 11) is 1.62. The lowest BCUT2D eigenvalue weighted by atomic mass is 10.1. The molecule has 6 heteroatoms. The molecule has 0 radical (unpaired) electrons. The Labute approximate surface area is 159 Å². The highest BCUT2D eigenvalue weighted by atomic mass is 16.5. The maximum atomic E-state index is 12.5. The van der Waals surface area contributed by atoms with Crippen molar-refractivity contribution in [2.45, 2.75) is 20.0 Å². The van der Waals surface area contributed by atoms with Gasteiger partial charge in [0.1, 0.15) is 0 Å². The van der Waals surface area contributed by atoms with Crippen LogP contribution in [0.1, 0.15) is 28.4 Å². The van der Waals surface area contributed by atoms with Gasteiger partial charge in [-0.2, -0.15) is 0 Å². The van der Waals surface area contributed by atoms with Crippen LogP contribution in [-0.2, 0) is 17.8 Å². The average Bonchev–Trinajstić information content (AvgIpc) is 3.13. The summed E-state index contributed by atoms with van der Waals surface area (Å²) < 4.78 is 5.05. The molecule has 1 N–H and O–H groups in total. The highest BCUT2D eigenvalue weighted by Crippen LogP contribution is 2.23. The van der Waals surface area contributed by atoms with Gasteiger partial charge in [0, 0.05) is 44.5 Å². The van der Waals surface area contributed by atoms with Crippen molar-refractivity contribution in [2.24, 2.45) is 0 Å². The van der Waals surface area contributed by atoms with E-state index < -0.39 is 0 Å². The van der Waals surface area contributed by atoms with E-state index in [0.717, 1.165) is 0 Å². The van der Waals surface area contributed by atoms with Gasteiger partial charge in [-0.05, 0) is 42.3 Å². The largest absolute Gasteiger partial charge is 0.383 e. The van der Waals surface area contributed by atoms with Gasteiger partial charge in [-0.3, -0.25) is 4.79 Å². The summed E-state index contributed by atoms with van der Waals surface area (Å²) >= 11 is 0. The number of fused-ring (bicyclic) bond motifs is 1. The molecule has 27 heavy (non-hydrogen) atoms. The van der Waals surface area contributed by atoms with Crippen LogP contribution in [0.3, 0.4) is 0 Å². The molecule has 0 unspecified atom stereocenters. The van der Waals surface area contributed by atoms with E-state index in [1.54, 1.807) is 41.2 Å². The van der Waals surface area contributed by atoms with E-state index in [1.807, 2.05) is 31.2 Å². The van der Waals surface area contributed by atoms with Gasteiger partial charge in [-0.25, -0.2) is 4.79 Å². The molecule has 0 saturated heterocycles. The summed E-state index contributed by atoms with van der Waals surface area (Å²) in [5.41, 5.74) is 3.64. The highest BCUT2D eigenvalue weighted by Gasteiger charge is 2.23. The molecule has 142 valence electrons. The Hall–Kier alpha value is -2.86. The predicted molar refractivity (Wildman–Crippen MR) is 105 cm³/mol. The second kappa shape index (κ2) is 8.68. The zero-order valence-corrected chi connectivity index (χ0v) is 15.8. The Kier molecular flexibility index (Phi) is 6.08. The van der Waals surface area contributed by atoms with Gasteiger partial charge in [0.05, 0.1) is 6.61 Å². The van der Waals surface area contributed by atoms with Crippen molar-refractivity contribution in [3.05, 3.63) is 65.2 Å². The zero-order valence-electron chi connectivity index (χ0n) is 15.8. The second-order valence-electron chi connectivity index (χ2n) is 6.51. The first kappa shape index (κ1) is 18.9. The summed E-state index contributed by atoms with van der Waals surface area (Å²) in [5, 5.41) is 2.90. The molecule has 0 aromatic heterocycles. The number of ether oxygens (including phenoxy) is 1. The average molecular weight is 367 g/mol.